The first-order chi connectivity index (χ1) is 15.5. The molecule has 1 aromatic heterocycles. The first-order valence-corrected chi connectivity index (χ1v) is 11.1. The van der Waals surface area contributed by atoms with E-state index in [9.17, 15) is 9.18 Å². The summed E-state index contributed by atoms with van der Waals surface area (Å²) in [5, 5.41) is 0. The summed E-state index contributed by atoms with van der Waals surface area (Å²) in [4.78, 5) is 25.9. The van der Waals surface area contributed by atoms with Gasteiger partial charge in [-0.2, -0.15) is 0 Å². The Bertz CT molecular complexity index is 997. The number of hydrogen-bond donors (Lipinski definition) is 0. The molecule has 1 fully saturated rings. The molecule has 1 saturated heterocycles. The van der Waals surface area contributed by atoms with Crippen LogP contribution in [0, 0.1) is 5.82 Å². The van der Waals surface area contributed by atoms with E-state index in [4.69, 9.17) is 9.47 Å². The van der Waals surface area contributed by atoms with Crippen molar-refractivity contribution in [3.8, 4) is 11.6 Å². The largest absolute Gasteiger partial charge is 0.480 e. The van der Waals surface area contributed by atoms with Gasteiger partial charge in [0.25, 0.3) is 5.91 Å². The summed E-state index contributed by atoms with van der Waals surface area (Å²) in [7, 11) is 1.61. The number of carbonyl (C=O) groups excluding carboxylic acids is 1. The molecule has 7 nitrogen and oxygen atoms in total. The molecule has 0 aliphatic carbocycles. The number of halogens is 1. The standard InChI is InChI=1S/C24H29FN4O3/c1-17-16-32-22-8-7-19(25)12-20(22)24(30)29(17)11-4-3-9-28-10-5-6-18(15-28)21-13-26-14-23(27-21)31-2/h7-8,12-14,16,18H,3-6,9-11,15H2,1-2H3. The lowest BCUT2D eigenvalue weighted by atomic mass is 9.95. The lowest BCUT2D eigenvalue weighted by Crippen LogP contribution is -2.36. The number of fused-ring (bicyclic) bond motifs is 1. The second-order valence-electron chi connectivity index (χ2n) is 8.31. The van der Waals surface area contributed by atoms with E-state index in [2.05, 4.69) is 14.9 Å². The number of unbranched alkanes of at least 4 members (excludes halogenated alkanes) is 1. The van der Waals surface area contributed by atoms with Crippen LogP contribution >= 0.6 is 0 Å². The van der Waals surface area contributed by atoms with E-state index in [0.717, 1.165) is 56.7 Å². The van der Waals surface area contributed by atoms with Crippen molar-refractivity contribution in [3.05, 3.63) is 59.6 Å². The number of allylic oxidation sites excluding steroid dienone is 1. The Labute approximate surface area is 187 Å². The fourth-order valence-corrected chi connectivity index (χ4v) is 4.33. The van der Waals surface area contributed by atoms with E-state index in [-0.39, 0.29) is 11.5 Å². The molecule has 0 radical (unpaired) electrons. The zero-order valence-electron chi connectivity index (χ0n) is 18.6. The van der Waals surface area contributed by atoms with Crippen LogP contribution in [0.2, 0.25) is 0 Å². The minimum Gasteiger partial charge on any atom is -0.480 e. The second-order valence-corrected chi connectivity index (χ2v) is 8.31. The molecule has 4 rings (SSSR count). The Kier molecular flexibility index (Phi) is 6.99. The third kappa shape index (κ3) is 5.07. The zero-order chi connectivity index (χ0) is 22.5. The minimum atomic E-state index is -0.444. The zero-order valence-corrected chi connectivity index (χ0v) is 18.6. The number of hydrogen-bond acceptors (Lipinski definition) is 6. The summed E-state index contributed by atoms with van der Waals surface area (Å²) in [6, 6.07) is 4.04. The highest BCUT2D eigenvalue weighted by atomic mass is 19.1. The van der Waals surface area contributed by atoms with Gasteiger partial charge in [0.05, 0.1) is 30.3 Å². The summed E-state index contributed by atoms with van der Waals surface area (Å²) in [5.41, 5.74) is 1.97. The highest BCUT2D eigenvalue weighted by Gasteiger charge is 2.26. The molecule has 0 spiro atoms. The average molecular weight is 441 g/mol. The fourth-order valence-electron chi connectivity index (χ4n) is 4.33. The van der Waals surface area contributed by atoms with Gasteiger partial charge in [-0.3, -0.25) is 9.78 Å². The number of methoxy groups -OCH3 is 1. The summed E-state index contributed by atoms with van der Waals surface area (Å²) in [6.07, 6.45) is 9.05. The monoisotopic (exact) mass is 440 g/mol. The van der Waals surface area contributed by atoms with Gasteiger partial charge in [0.2, 0.25) is 5.88 Å². The maximum atomic E-state index is 13.7. The minimum absolute atomic E-state index is 0.222. The Morgan fingerprint density at radius 3 is 2.94 bits per heavy atom. The SMILES string of the molecule is COc1cncc(C2CCCN(CCCCN3C(=O)c4cc(F)ccc4OC=C3C)C2)n1. The van der Waals surface area contributed by atoms with E-state index in [1.54, 1.807) is 24.5 Å². The lowest BCUT2D eigenvalue weighted by molar-refractivity contribution is 0.0803. The van der Waals surface area contributed by atoms with Crippen molar-refractivity contribution in [1.29, 1.82) is 0 Å². The molecule has 2 aliphatic rings. The van der Waals surface area contributed by atoms with E-state index in [0.29, 0.717) is 24.1 Å². The topological polar surface area (TPSA) is 67.8 Å². The van der Waals surface area contributed by atoms with Crippen molar-refractivity contribution in [2.24, 2.45) is 0 Å². The molecule has 1 aromatic carbocycles. The fraction of sp³-hybridized carbons (Fsp3) is 0.458. The molecule has 1 unspecified atom stereocenters. The third-order valence-corrected chi connectivity index (χ3v) is 6.07. The molecular weight excluding hydrogens is 411 g/mol. The van der Waals surface area contributed by atoms with Crippen molar-refractivity contribution in [2.75, 3.05) is 33.3 Å². The molecule has 0 bridgehead atoms. The number of nitrogens with zero attached hydrogens (tertiary/aromatic N) is 4. The van der Waals surface area contributed by atoms with Crippen LogP contribution in [-0.2, 0) is 0 Å². The number of likely N-dealkylation sites (tertiary alicyclic amines) is 1. The van der Waals surface area contributed by atoms with Gasteiger partial charge < -0.3 is 19.3 Å². The number of aromatic nitrogens is 2. The summed E-state index contributed by atoms with van der Waals surface area (Å²) >= 11 is 0. The lowest BCUT2D eigenvalue weighted by Gasteiger charge is -2.32. The predicted octanol–water partition coefficient (Wildman–Crippen LogP) is 3.98. The van der Waals surface area contributed by atoms with Crippen LogP contribution in [0.15, 0.2) is 42.6 Å². The predicted molar refractivity (Wildman–Crippen MR) is 118 cm³/mol. The van der Waals surface area contributed by atoms with Crippen LogP contribution in [0.25, 0.3) is 0 Å². The number of amides is 1. The van der Waals surface area contributed by atoms with Gasteiger partial charge >= 0.3 is 0 Å². The molecule has 32 heavy (non-hydrogen) atoms. The number of benzene rings is 1. The van der Waals surface area contributed by atoms with Gasteiger partial charge in [-0.05, 0) is 63.9 Å². The van der Waals surface area contributed by atoms with E-state index >= 15 is 0 Å². The Morgan fingerprint density at radius 2 is 2.09 bits per heavy atom. The molecule has 2 aromatic rings. The van der Waals surface area contributed by atoms with Crippen LogP contribution < -0.4 is 9.47 Å². The Morgan fingerprint density at radius 1 is 1.25 bits per heavy atom. The Hall–Kier alpha value is -3.00. The number of ether oxygens (including phenoxy) is 2. The van der Waals surface area contributed by atoms with Crippen LogP contribution in [0.1, 0.15) is 54.6 Å². The molecule has 170 valence electrons. The van der Waals surface area contributed by atoms with Gasteiger partial charge in [-0.1, -0.05) is 0 Å². The van der Waals surface area contributed by atoms with Gasteiger partial charge in [0, 0.05) is 25.2 Å². The van der Waals surface area contributed by atoms with E-state index < -0.39 is 5.82 Å². The van der Waals surface area contributed by atoms with Crippen LogP contribution in [0.4, 0.5) is 4.39 Å². The second kappa shape index (κ2) is 10.1. The highest BCUT2D eigenvalue weighted by Crippen LogP contribution is 2.28. The third-order valence-electron chi connectivity index (χ3n) is 6.07. The smallest absolute Gasteiger partial charge is 0.262 e. The van der Waals surface area contributed by atoms with Crippen molar-refractivity contribution < 1.29 is 18.7 Å². The van der Waals surface area contributed by atoms with E-state index in [1.165, 1.54) is 18.2 Å². The van der Waals surface area contributed by atoms with Gasteiger partial charge in [-0.25, -0.2) is 9.37 Å². The quantitative estimate of drug-likeness (QED) is 0.607. The number of piperidine rings is 1. The normalized spacial score (nSPS) is 19.1. The summed E-state index contributed by atoms with van der Waals surface area (Å²) < 4.78 is 24.4. The van der Waals surface area contributed by atoms with Gasteiger partial charge in [-0.15, -0.1) is 0 Å². The number of rotatable bonds is 7. The first kappa shape index (κ1) is 22.2. The highest BCUT2D eigenvalue weighted by molar-refractivity contribution is 5.98. The van der Waals surface area contributed by atoms with Crippen LogP contribution in [0.3, 0.4) is 0 Å². The molecule has 1 atom stereocenters. The summed E-state index contributed by atoms with van der Waals surface area (Å²) in [6.45, 7) is 5.38. The van der Waals surface area contributed by atoms with Crippen LogP contribution in [0.5, 0.6) is 11.6 Å². The summed E-state index contributed by atoms with van der Waals surface area (Å²) in [5.74, 6) is 0.627. The molecule has 3 heterocycles. The van der Waals surface area contributed by atoms with Crippen molar-refractivity contribution in [1.82, 2.24) is 19.8 Å². The van der Waals surface area contributed by atoms with E-state index in [1.807, 2.05) is 13.1 Å². The average Bonchev–Trinajstić information content (AvgIpc) is 2.93. The number of carbonyl (C=O) groups is 1. The maximum absolute atomic E-state index is 13.7. The van der Waals surface area contributed by atoms with Gasteiger partial charge in [0.15, 0.2) is 0 Å². The Balaban J connectivity index is 1.30. The molecular formula is C24H29FN4O3. The maximum Gasteiger partial charge on any atom is 0.262 e. The molecule has 0 saturated carbocycles. The molecule has 0 N–H and O–H groups in total. The first-order valence-electron chi connectivity index (χ1n) is 11.1. The van der Waals surface area contributed by atoms with Crippen molar-refractivity contribution in [2.45, 2.75) is 38.5 Å². The van der Waals surface area contributed by atoms with Crippen molar-refractivity contribution in [3.63, 3.8) is 0 Å². The molecule has 8 heteroatoms. The molecule has 2 aliphatic heterocycles. The molecule has 1 amide bonds. The van der Waals surface area contributed by atoms with Gasteiger partial charge in [0.1, 0.15) is 17.8 Å². The van der Waals surface area contributed by atoms with Crippen molar-refractivity contribution >= 4 is 5.91 Å². The van der Waals surface area contributed by atoms with Crippen LogP contribution in [-0.4, -0.2) is 59.0 Å².